The van der Waals surface area contributed by atoms with Gasteiger partial charge < -0.3 is 10.1 Å². The minimum absolute atomic E-state index is 0.0493. The zero-order valence-corrected chi connectivity index (χ0v) is 9.81. The summed E-state index contributed by atoms with van der Waals surface area (Å²) in [6.07, 6.45) is 0.411. The number of carbonyl (C=O) groups is 1. The van der Waals surface area contributed by atoms with E-state index in [1.807, 2.05) is 17.5 Å². The number of carboxylic acid groups (broad SMARTS) is 1. The molecule has 0 aromatic carbocycles. The van der Waals surface area contributed by atoms with Crippen LogP contribution in [0.1, 0.15) is 12.2 Å². The van der Waals surface area contributed by atoms with Crippen molar-refractivity contribution in [3.05, 3.63) is 28.5 Å². The van der Waals surface area contributed by atoms with E-state index in [9.17, 15) is 4.79 Å². The van der Waals surface area contributed by atoms with Crippen LogP contribution in [0.5, 0.6) is 0 Å². The van der Waals surface area contributed by atoms with Gasteiger partial charge in [-0.2, -0.15) is 0 Å². The number of imidazole rings is 1. The van der Waals surface area contributed by atoms with Gasteiger partial charge in [-0.25, -0.2) is 4.98 Å². The van der Waals surface area contributed by atoms with E-state index in [-0.39, 0.29) is 6.42 Å². The molecule has 4 nitrogen and oxygen atoms in total. The number of aliphatic carboxylic acids is 1. The Balaban J connectivity index is 2.19. The molecule has 0 saturated carbocycles. The molecule has 0 radical (unpaired) electrons. The summed E-state index contributed by atoms with van der Waals surface area (Å²) in [5, 5.41) is 11.0. The van der Waals surface area contributed by atoms with Crippen molar-refractivity contribution in [1.82, 2.24) is 9.97 Å². The summed E-state index contributed by atoms with van der Waals surface area (Å²) in [6, 6.07) is 3.84. The fraction of sp³-hybridized carbons (Fsp3) is 0.200. The highest BCUT2D eigenvalue weighted by Gasteiger charge is 2.11. The maximum atomic E-state index is 10.4. The molecule has 0 aliphatic rings. The van der Waals surface area contributed by atoms with Gasteiger partial charge in [0, 0.05) is 6.42 Å². The zero-order chi connectivity index (χ0) is 11.5. The first kappa shape index (κ1) is 11.2. The van der Waals surface area contributed by atoms with Crippen molar-refractivity contribution >= 4 is 28.9 Å². The van der Waals surface area contributed by atoms with Crippen molar-refractivity contribution in [3.8, 4) is 10.6 Å². The molecule has 16 heavy (non-hydrogen) atoms. The van der Waals surface area contributed by atoms with Crippen LogP contribution >= 0.6 is 22.9 Å². The summed E-state index contributed by atoms with van der Waals surface area (Å²) in [6.45, 7) is 0. The molecule has 6 heteroatoms. The third kappa shape index (κ3) is 2.43. The number of aromatic amines is 1. The second kappa shape index (κ2) is 4.67. The number of aromatic nitrogens is 2. The van der Waals surface area contributed by atoms with Gasteiger partial charge in [-0.1, -0.05) is 17.7 Å². The molecule has 84 valence electrons. The molecule has 2 rings (SSSR count). The topological polar surface area (TPSA) is 66.0 Å². The van der Waals surface area contributed by atoms with Gasteiger partial charge in [-0.15, -0.1) is 11.3 Å². The van der Waals surface area contributed by atoms with Crippen LogP contribution < -0.4 is 0 Å². The molecule has 0 unspecified atom stereocenters. The predicted octanol–water partition coefficient (Wildman–Crippen LogP) is 2.81. The summed E-state index contributed by atoms with van der Waals surface area (Å²) >= 11 is 7.54. The van der Waals surface area contributed by atoms with Crippen molar-refractivity contribution in [2.45, 2.75) is 12.8 Å². The van der Waals surface area contributed by atoms with Crippen LogP contribution in [0.2, 0.25) is 5.15 Å². The van der Waals surface area contributed by atoms with E-state index in [2.05, 4.69) is 9.97 Å². The molecule has 0 fully saturated rings. The number of nitrogens with one attached hydrogen (secondary N) is 1. The SMILES string of the molecule is O=C(O)CCc1nc(-c2cccs2)c(Cl)[nH]1. The molecule has 0 amide bonds. The molecule has 2 aromatic heterocycles. The third-order valence-corrected chi connectivity index (χ3v) is 3.19. The highest BCUT2D eigenvalue weighted by Crippen LogP contribution is 2.29. The van der Waals surface area contributed by atoms with Gasteiger partial charge in [0.05, 0.1) is 11.3 Å². The quantitative estimate of drug-likeness (QED) is 0.884. The second-order valence-electron chi connectivity index (χ2n) is 3.22. The zero-order valence-electron chi connectivity index (χ0n) is 8.24. The predicted molar refractivity (Wildman–Crippen MR) is 62.9 cm³/mol. The number of aryl methyl sites for hydroxylation is 1. The van der Waals surface area contributed by atoms with Gasteiger partial charge in [0.2, 0.25) is 0 Å². The minimum atomic E-state index is -0.842. The van der Waals surface area contributed by atoms with Crippen LogP contribution in [0.3, 0.4) is 0 Å². The van der Waals surface area contributed by atoms with E-state index in [1.54, 1.807) is 11.3 Å². The third-order valence-electron chi connectivity index (χ3n) is 2.04. The van der Waals surface area contributed by atoms with Crippen LogP contribution in [0, 0.1) is 0 Å². The lowest BCUT2D eigenvalue weighted by Crippen LogP contribution is -1.98. The normalized spacial score (nSPS) is 10.6. The Labute approximate surface area is 101 Å². The Morgan fingerprint density at radius 3 is 3.06 bits per heavy atom. The van der Waals surface area contributed by atoms with E-state index >= 15 is 0 Å². The van der Waals surface area contributed by atoms with E-state index in [0.717, 1.165) is 4.88 Å². The van der Waals surface area contributed by atoms with Crippen LogP contribution in [0.4, 0.5) is 0 Å². The van der Waals surface area contributed by atoms with Crippen LogP contribution in [-0.4, -0.2) is 21.0 Å². The average Bonchev–Trinajstić information content (AvgIpc) is 2.83. The van der Waals surface area contributed by atoms with E-state index < -0.39 is 5.97 Å². The van der Waals surface area contributed by atoms with Crippen LogP contribution in [0.25, 0.3) is 10.6 Å². The fourth-order valence-corrected chi connectivity index (χ4v) is 2.35. The van der Waals surface area contributed by atoms with Gasteiger partial charge >= 0.3 is 5.97 Å². The van der Waals surface area contributed by atoms with Gasteiger partial charge in [0.15, 0.2) is 0 Å². The Hall–Kier alpha value is -1.33. The van der Waals surface area contributed by atoms with E-state index in [4.69, 9.17) is 16.7 Å². The van der Waals surface area contributed by atoms with Crippen molar-refractivity contribution in [1.29, 1.82) is 0 Å². The Morgan fingerprint density at radius 2 is 2.44 bits per heavy atom. The van der Waals surface area contributed by atoms with Gasteiger partial charge in [0.25, 0.3) is 0 Å². The lowest BCUT2D eigenvalue weighted by Gasteiger charge is -1.90. The Morgan fingerprint density at radius 1 is 1.62 bits per heavy atom. The average molecular weight is 257 g/mol. The molecule has 0 saturated heterocycles. The Bertz CT molecular complexity index is 493. The number of thiophene rings is 1. The molecule has 2 heterocycles. The molecule has 0 aliphatic carbocycles. The molecule has 0 bridgehead atoms. The van der Waals surface area contributed by atoms with E-state index in [0.29, 0.717) is 23.1 Å². The van der Waals surface area contributed by atoms with Crippen molar-refractivity contribution in [2.75, 3.05) is 0 Å². The number of H-pyrrole nitrogens is 1. The number of carboxylic acids is 1. The maximum absolute atomic E-state index is 10.4. The first-order chi connectivity index (χ1) is 7.66. The van der Waals surface area contributed by atoms with Crippen LogP contribution in [0.15, 0.2) is 17.5 Å². The number of hydrogen-bond donors (Lipinski definition) is 2. The van der Waals surface area contributed by atoms with Crippen molar-refractivity contribution < 1.29 is 9.90 Å². The summed E-state index contributed by atoms with van der Waals surface area (Å²) in [5.74, 6) is -0.235. The minimum Gasteiger partial charge on any atom is -0.481 e. The largest absolute Gasteiger partial charge is 0.481 e. The summed E-state index contributed by atoms with van der Waals surface area (Å²) in [4.78, 5) is 18.6. The highest BCUT2D eigenvalue weighted by atomic mass is 35.5. The van der Waals surface area contributed by atoms with E-state index in [1.165, 1.54) is 0 Å². The smallest absolute Gasteiger partial charge is 0.303 e. The van der Waals surface area contributed by atoms with Crippen LogP contribution in [-0.2, 0) is 11.2 Å². The first-order valence-electron chi connectivity index (χ1n) is 4.67. The second-order valence-corrected chi connectivity index (χ2v) is 4.54. The highest BCUT2D eigenvalue weighted by molar-refractivity contribution is 7.13. The van der Waals surface area contributed by atoms with Gasteiger partial charge in [-0.3, -0.25) is 4.79 Å². The van der Waals surface area contributed by atoms with Gasteiger partial charge in [0.1, 0.15) is 16.7 Å². The lowest BCUT2D eigenvalue weighted by molar-refractivity contribution is -0.137. The number of rotatable bonds is 4. The molecule has 2 aromatic rings. The van der Waals surface area contributed by atoms with Crippen molar-refractivity contribution in [2.24, 2.45) is 0 Å². The molecular formula is C10H9ClN2O2S. The van der Waals surface area contributed by atoms with Crippen molar-refractivity contribution in [3.63, 3.8) is 0 Å². The first-order valence-corrected chi connectivity index (χ1v) is 5.92. The monoisotopic (exact) mass is 256 g/mol. The Kier molecular flexibility index (Phi) is 3.26. The molecule has 0 spiro atoms. The number of hydrogen-bond acceptors (Lipinski definition) is 3. The number of halogens is 1. The van der Waals surface area contributed by atoms with Gasteiger partial charge in [-0.05, 0) is 11.4 Å². The molecular weight excluding hydrogens is 248 g/mol. The summed E-state index contributed by atoms with van der Waals surface area (Å²) < 4.78 is 0. The lowest BCUT2D eigenvalue weighted by atomic mass is 10.3. The standard InChI is InChI=1S/C10H9ClN2O2S/c11-10-9(6-2-1-5-16-6)12-7(13-10)3-4-8(14)15/h1-2,5H,3-4H2,(H,12,13)(H,14,15). The molecule has 0 aliphatic heterocycles. The summed E-state index contributed by atoms with van der Waals surface area (Å²) in [5.41, 5.74) is 0.692. The number of nitrogens with zero attached hydrogens (tertiary/aromatic N) is 1. The maximum Gasteiger partial charge on any atom is 0.303 e. The summed E-state index contributed by atoms with van der Waals surface area (Å²) in [7, 11) is 0. The fourth-order valence-electron chi connectivity index (χ4n) is 1.32. The molecule has 2 N–H and O–H groups in total. The molecule has 0 atom stereocenters.